The summed E-state index contributed by atoms with van der Waals surface area (Å²) in [7, 11) is 0. The van der Waals surface area contributed by atoms with E-state index in [1.807, 2.05) is 0 Å². The Balaban J connectivity index is 1.54. The van der Waals surface area contributed by atoms with Crippen LogP contribution in [0.4, 0.5) is 0 Å². The highest BCUT2D eigenvalue weighted by atomic mass is 16.3. The molecule has 0 heterocycles. The summed E-state index contributed by atoms with van der Waals surface area (Å²) in [5, 5.41) is 22.8. The quantitative estimate of drug-likeness (QED) is 0.448. The maximum Gasteiger partial charge on any atom is 0.0622 e. The Bertz CT molecular complexity index is 765. The second-order valence-electron chi connectivity index (χ2n) is 15.6. The Morgan fingerprint density at radius 2 is 1.34 bits per heavy atom. The van der Waals surface area contributed by atoms with Gasteiger partial charge in [0.25, 0.3) is 0 Å². The average molecular weight is 445 g/mol. The van der Waals surface area contributed by atoms with Crippen LogP contribution in [0, 0.1) is 56.7 Å². The molecule has 0 aliphatic heterocycles. The first-order valence-electron chi connectivity index (χ1n) is 14.0. The van der Waals surface area contributed by atoms with Crippen LogP contribution in [0.3, 0.4) is 0 Å². The minimum absolute atomic E-state index is 0.162. The first-order chi connectivity index (χ1) is 14.6. The van der Waals surface area contributed by atoms with E-state index in [0.29, 0.717) is 28.6 Å². The average Bonchev–Trinajstić information content (AvgIpc) is 2.98. The maximum absolute atomic E-state index is 11.8. The lowest BCUT2D eigenvalue weighted by Crippen LogP contribution is -2.68. The lowest BCUT2D eigenvalue weighted by Gasteiger charge is -2.73. The summed E-state index contributed by atoms with van der Waals surface area (Å²) in [6.45, 7) is 19.4. The largest absolute Gasteiger partial charge is 0.393 e. The highest BCUT2D eigenvalue weighted by Crippen LogP contribution is 2.78. The van der Waals surface area contributed by atoms with Crippen molar-refractivity contribution in [3.05, 3.63) is 0 Å². The van der Waals surface area contributed by atoms with Gasteiger partial charge < -0.3 is 10.2 Å². The number of fused-ring (bicyclic) bond motifs is 7. The molecule has 0 spiro atoms. The fourth-order valence-electron chi connectivity index (χ4n) is 12.3. The van der Waals surface area contributed by atoms with E-state index < -0.39 is 5.60 Å². The number of hydrogen-bond donors (Lipinski definition) is 2. The van der Waals surface area contributed by atoms with E-state index in [1.165, 1.54) is 57.8 Å². The van der Waals surface area contributed by atoms with E-state index in [0.717, 1.165) is 18.3 Å². The van der Waals surface area contributed by atoms with Gasteiger partial charge in [-0.15, -0.1) is 0 Å². The van der Waals surface area contributed by atoms with Crippen LogP contribution in [0.2, 0.25) is 0 Å². The Hall–Kier alpha value is -0.0800. The fourth-order valence-corrected chi connectivity index (χ4v) is 12.3. The summed E-state index contributed by atoms with van der Waals surface area (Å²) in [4.78, 5) is 0. The summed E-state index contributed by atoms with van der Waals surface area (Å²) in [5.74, 6) is 3.01. The van der Waals surface area contributed by atoms with Crippen molar-refractivity contribution in [2.45, 2.75) is 131 Å². The number of aliphatic hydroxyl groups excluding tert-OH is 1. The van der Waals surface area contributed by atoms with Crippen LogP contribution < -0.4 is 0 Å². The third-order valence-electron chi connectivity index (χ3n) is 13.5. The first kappa shape index (κ1) is 23.7. The van der Waals surface area contributed by atoms with Gasteiger partial charge in [0.15, 0.2) is 0 Å². The lowest BCUT2D eigenvalue weighted by atomic mass is 9.31. The molecule has 0 unspecified atom stereocenters. The summed E-state index contributed by atoms with van der Waals surface area (Å²) in [5.41, 5.74) is 0.819. The van der Waals surface area contributed by atoms with Gasteiger partial charge in [-0.3, -0.25) is 0 Å². The van der Waals surface area contributed by atoms with E-state index in [4.69, 9.17) is 0 Å². The topological polar surface area (TPSA) is 40.5 Å². The zero-order valence-corrected chi connectivity index (χ0v) is 22.4. The van der Waals surface area contributed by atoms with Crippen molar-refractivity contribution in [2.75, 3.05) is 0 Å². The van der Waals surface area contributed by atoms with Crippen LogP contribution in [-0.2, 0) is 0 Å². The molecule has 2 N–H and O–H groups in total. The second kappa shape index (κ2) is 6.77. The molecular formula is C30H52O2. The lowest BCUT2D eigenvalue weighted by molar-refractivity contribution is -0.268. The Labute approximate surface area is 198 Å². The summed E-state index contributed by atoms with van der Waals surface area (Å²) in [6.07, 6.45) is 12.5. The molecule has 0 aromatic heterocycles. The van der Waals surface area contributed by atoms with Crippen LogP contribution in [0.1, 0.15) is 120 Å². The van der Waals surface area contributed by atoms with Crippen LogP contribution in [0.15, 0.2) is 0 Å². The predicted octanol–water partition coefficient (Wildman–Crippen LogP) is 7.22. The van der Waals surface area contributed by atoms with Crippen molar-refractivity contribution < 1.29 is 10.2 Å². The molecule has 5 aliphatic carbocycles. The number of hydrogen-bond acceptors (Lipinski definition) is 2. The Morgan fingerprint density at radius 3 is 1.97 bits per heavy atom. The van der Waals surface area contributed by atoms with Gasteiger partial charge in [-0.1, -0.05) is 48.0 Å². The number of aliphatic hydroxyl groups is 2. The first-order valence-corrected chi connectivity index (χ1v) is 14.0. The Kier molecular flexibility index (Phi) is 5.01. The maximum atomic E-state index is 11.8. The molecule has 0 amide bonds. The molecule has 10 atom stereocenters. The molecule has 5 rings (SSSR count). The molecule has 5 saturated carbocycles. The molecule has 32 heavy (non-hydrogen) atoms. The SMILES string of the molecule is CC(C)(O)[C@H]1CC[C@]2(C)[C@H]3CC[C@@H]4[C@@]5(C)CCCC(C)(C)[C@H]5[C@@H](O)C[C@@]4(C)[C@]3(C)CC[C@@H]12. The second-order valence-corrected chi connectivity index (χ2v) is 15.6. The van der Waals surface area contributed by atoms with Crippen molar-refractivity contribution in [2.24, 2.45) is 56.7 Å². The third kappa shape index (κ3) is 2.78. The zero-order valence-electron chi connectivity index (χ0n) is 22.4. The van der Waals surface area contributed by atoms with E-state index in [9.17, 15) is 10.2 Å². The molecule has 0 bridgehead atoms. The monoisotopic (exact) mass is 444 g/mol. The predicted molar refractivity (Wildman–Crippen MR) is 132 cm³/mol. The van der Waals surface area contributed by atoms with Gasteiger partial charge in [0.1, 0.15) is 0 Å². The van der Waals surface area contributed by atoms with Gasteiger partial charge >= 0.3 is 0 Å². The summed E-state index contributed by atoms with van der Waals surface area (Å²) in [6, 6.07) is 0. The van der Waals surface area contributed by atoms with Crippen LogP contribution in [0.5, 0.6) is 0 Å². The summed E-state index contributed by atoms with van der Waals surface area (Å²) < 4.78 is 0. The van der Waals surface area contributed by atoms with Crippen LogP contribution in [-0.4, -0.2) is 21.9 Å². The van der Waals surface area contributed by atoms with Gasteiger partial charge in [0.05, 0.1) is 11.7 Å². The van der Waals surface area contributed by atoms with Gasteiger partial charge in [0, 0.05) is 0 Å². The van der Waals surface area contributed by atoms with Crippen molar-refractivity contribution >= 4 is 0 Å². The van der Waals surface area contributed by atoms with Gasteiger partial charge in [-0.25, -0.2) is 0 Å². The molecular weight excluding hydrogens is 392 g/mol. The molecule has 0 saturated heterocycles. The Morgan fingerprint density at radius 1 is 0.719 bits per heavy atom. The van der Waals surface area contributed by atoms with Gasteiger partial charge in [-0.2, -0.15) is 0 Å². The molecule has 2 nitrogen and oxygen atoms in total. The molecule has 0 aromatic carbocycles. The minimum Gasteiger partial charge on any atom is -0.393 e. The molecule has 184 valence electrons. The molecule has 5 aliphatic rings. The zero-order chi connectivity index (χ0) is 23.5. The minimum atomic E-state index is -0.563. The fraction of sp³-hybridized carbons (Fsp3) is 1.00. The van der Waals surface area contributed by atoms with E-state index in [1.54, 1.807) is 0 Å². The van der Waals surface area contributed by atoms with Gasteiger partial charge in [0.2, 0.25) is 0 Å². The summed E-state index contributed by atoms with van der Waals surface area (Å²) >= 11 is 0. The molecule has 0 radical (unpaired) electrons. The van der Waals surface area contributed by atoms with Crippen molar-refractivity contribution in [1.82, 2.24) is 0 Å². The van der Waals surface area contributed by atoms with Crippen molar-refractivity contribution in [3.63, 3.8) is 0 Å². The van der Waals surface area contributed by atoms with Crippen LogP contribution in [0.25, 0.3) is 0 Å². The molecule has 2 heteroatoms. The van der Waals surface area contributed by atoms with E-state index >= 15 is 0 Å². The van der Waals surface area contributed by atoms with Crippen molar-refractivity contribution in [1.29, 1.82) is 0 Å². The third-order valence-corrected chi connectivity index (χ3v) is 13.5. The molecule has 0 aromatic rings. The molecule has 5 fully saturated rings. The van der Waals surface area contributed by atoms with Crippen LogP contribution >= 0.6 is 0 Å². The normalized spacial score (nSPS) is 57.2. The van der Waals surface area contributed by atoms with E-state index in [-0.39, 0.29) is 22.3 Å². The highest BCUT2D eigenvalue weighted by molar-refractivity contribution is 5.20. The van der Waals surface area contributed by atoms with E-state index in [2.05, 4.69) is 55.4 Å². The highest BCUT2D eigenvalue weighted by Gasteiger charge is 2.72. The smallest absolute Gasteiger partial charge is 0.0622 e. The standard InChI is InChI=1S/C30H52O2/c1-25(2)14-9-15-28(6)23-11-10-22-27(5)16-12-19(26(3,4)32)20(27)13-17-29(22,7)30(23,8)18-21(31)24(25)28/h19-24,31-32H,9-18H2,1-8H3/t19-,20-,21-,22+,23+,24+,27-,28+,29+,30+/m0/s1. The van der Waals surface area contributed by atoms with Gasteiger partial charge in [-0.05, 0) is 128 Å². The van der Waals surface area contributed by atoms with Crippen molar-refractivity contribution in [3.8, 4) is 0 Å². The number of rotatable bonds is 1.